The van der Waals surface area contributed by atoms with E-state index in [2.05, 4.69) is 4.98 Å². The van der Waals surface area contributed by atoms with Gasteiger partial charge < -0.3 is 10.7 Å². The largest absolute Gasteiger partial charge is 0.399 e. The number of hydrogen-bond donors (Lipinski definition) is 2. The van der Waals surface area contributed by atoms with Gasteiger partial charge in [-0.3, -0.25) is 4.79 Å². The molecular formula is C10H10N2O3S. The molecule has 0 spiro atoms. The Balaban J connectivity index is 2.95. The lowest BCUT2D eigenvalue weighted by Gasteiger charge is -2.02. The van der Waals surface area contributed by atoms with Crippen LogP contribution in [-0.2, 0) is 9.84 Å². The highest BCUT2D eigenvalue weighted by atomic mass is 32.2. The highest BCUT2D eigenvalue weighted by Crippen LogP contribution is 2.13. The lowest BCUT2D eigenvalue weighted by Crippen LogP contribution is -2.14. The maximum atomic E-state index is 11.9. The second kappa shape index (κ2) is 3.34. The lowest BCUT2D eigenvalue weighted by atomic mass is 10.2. The Morgan fingerprint density at radius 1 is 1.31 bits per heavy atom. The molecule has 0 atom stereocenters. The lowest BCUT2D eigenvalue weighted by molar-refractivity contribution is 0.601. The smallest absolute Gasteiger partial charge is 0.208 e. The molecule has 0 aliphatic carbocycles. The Kier molecular flexibility index (Phi) is 2.23. The van der Waals surface area contributed by atoms with Gasteiger partial charge in [0.05, 0.1) is 0 Å². The van der Waals surface area contributed by atoms with E-state index < -0.39 is 15.3 Å². The molecule has 0 amide bonds. The van der Waals surface area contributed by atoms with Crippen LogP contribution in [0.15, 0.2) is 34.1 Å². The van der Waals surface area contributed by atoms with Crippen molar-refractivity contribution in [3.8, 4) is 0 Å². The highest BCUT2D eigenvalue weighted by molar-refractivity contribution is 7.90. The van der Waals surface area contributed by atoms with Gasteiger partial charge in [0.1, 0.15) is 4.90 Å². The molecule has 16 heavy (non-hydrogen) atoms. The zero-order valence-electron chi connectivity index (χ0n) is 8.52. The van der Waals surface area contributed by atoms with E-state index in [4.69, 9.17) is 5.73 Å². The van der Waals surface area contributed by atoms with Gasteiger partial charge in [0.25, 0.3) is 0 Å². The molecular weight excluding hydrogens is 228 g/mol. The molecule has 0 saturated heterocycles. The summed E-state index contributed by atoms with van der Waals surface area (Å²) < 4.78 is 22.7. The average Bonchev–Trinajstić information content (AvgIpc) is 2.17. The molecule has 2 rings (SSSR count). The molecule has 0 saturated carbocycles. The van der Waals surface area contributed by atoms with Gasteiger partial charge in [0.15, 0.2) is 9.84 Å². The van der Waals surface area contributed by atoms with Gasteiger partial charge in [-0.1, -0.05) is 0 Å². The van der Waals surface area contributed by atoms with Gasteiger partial charge in [-0.15, -0.1) is 0 Å². The Morgan fingerprint density at radius 3 is 2.62 bits per heavy atom. The van der Waals surface area contributed by atoms with E-state index in [1.807, 2.05) is 0 Å². The predicted octanol–water partition coefficient (Wildman–Crippen LogP) is 0.514. The number of anilines is 1. The molecule has 0 bridgehead atoms. The standard InChI is InChI=1S/C10H10N2O3S/c1-16(14,15)9-5-12-8-3-2-6(11)4-7(8)10(9)13/h2-5H,11H2,1H3,(H,12,13). The van der Waals surface area contributed by atoms with Gasteiger partial charge >= 0.3 is 0 Å². The van der Waals surface area contributed by atoms with Gasteiger partial charge in [-0.05, 0) is 18.2 Å². The summed E-state index contributed by atoms with van der Waals surface area (Å²) in [6, 6.07) is 4.74. The molecule has 0 aliphatic heterocycles. The number of rotatable bonds is 1. The van der Waals surface area contributed by atoms with Crippen LogP contribution in [0.25, 0.3) is 10.9 Å². The minimum atomic E-state index is -3.52. The second-order valence-corrected chi connectivity index (χ2v) is 5.54. The average molecular weight is 238 g/mol. The van der Waals surface area contributed by atoms with Crippen LogP contribution in [0, 0.1) is 0 Å². The zero-order valence-corrected chi connectivity index (χ0v) is 9.34. The van der Waals surface area contributed by atoms with E-state index in [-0.39, 0.29) is 10.3 Å². The number of hydrogen-bond acceptors (Lipinski definition) is 4. The summed E-state index contributed by atoms with van der Waals surface area (Å²) in [6.07, 6.45) is 2.20. The monoisotopic (exact) mass is 238 g/mol. The van der Waals surface area contributed by atoms with E-state index in [1.54, 1.807) is 12.1 Å². The number of nitrogens with one attached hydrogen (secondary N) is 1. The maximum Gasteiger partial charge on any atom is 0.208 e. The first-order chi connectivity index (χ1) is 7.39. The third-order valence-electron chi connectivity index (χ3n) is 2.27. The normalized spacial score (nSPS) is 11.8. The summed E-state index contributed by atoms with van der Waals surface area (Å²) in [5.41, 5.74) is 6.01. The fourth-order valence-electron chi connectivity index (χ4n) is 1.49. The minimum Gasteiger partial charge on any atom is -0.399 e. The second-order valence-electron chi connectivity index (χ2n) is 3.56. The van der Waals surface area contributed by atoms with Crippen LogP contribution >= 0.6 is 0 Å². The third-order valence-corrected chi connectivity index (χ3v) is 3.37. The number of aromatic nitrogens is 1. The Labute approximate surface area is 91.8 Å². The van der Waals surface area contributed by atoms with Crippen molar-refractivity contribution in [3.63, 3.8) is 0 Å². The molecule has 1 aromatic heterocycles. The van der Waals surface area contributed by atoms with Crippen LogP contribution in [0.4, 0.5) is 5.69 Å². The number of fused-ring (bicyclic) bond motifs is 1. The summed E-state index contributed by atoms with van der Waals surface area (Å²) in [5, 5.41) is 0.280. The Morgan fingerprint density at radius 2 is 2.00 bits per heavy atom. The SMILES string of the molecule is CS(=O)(=O)c1c[nH]c2ccc(N)cc2c1=O. The fraction of sp³-hybridized carbons (Fsp3) is 0.100. The molecule has 0 aliphatic rings. The summed E-state index contributed by atoms with van der Waals surface area (Å²) in [6.45, 7) is 0. The van der Waals surface area contributed by atoms with E-state index in [0.717, 1.165) is 6.26 Å². The zero-order chi connectivity index (χ0) is 11.9. The van der Waals surface area contributed by atoms with Crippen molar-refractivity contribution in [2.45, 2.75) is 4.90 Å². The summed E-state index contributed by atoms with van der Waals surface area (Å²) in [7, 11) is -3.52. The summed E-state index contributed by atoms with van der Waals surface area (Å²) in [5.74, 6) is 0. The number of nitrogen functional groups attached to an aromatic ring is 1. The van der Waals surface area contributed by atoms with Crippen LogP contribution in [0.2, 0.25) is 0 Å². The van der Waals surface area contributed by atoms with Crippen molar-refractivity contribution < 1.29 is 8.42 Å². The van der Waals surface area contributed by atoms with E-state index in [1.165, 1.54) is 12.3 Å². The number of sulfone groups is 1. The van der Waals surface area contributed by atoms with Gasteiger partial charge in [-0.2, -0.15) is 0 Å². The van der Waals surface area contributed by atoms with Crippen LogP contribution < -0.4 is 11.2 Å². The van der Waals surface area contributed by atoms with Crippen LogP contribution in [-0.4, -0.2) is 19.7 Å². The van der Waals surface area contributed by atoms with Crippen molar-refractivity contribution in [2.24, 2.45) is 0 Å². The molecule has 5 nitrogen and oxygen atoms in total. The predicted molar refractivity (Wildman–Crippen MR) is 62.1 cm³/mol. The van der Waals surface area contributed by atoms with Crippen molar-refractivity contribution in [1.29, 1.82) is 0 Å². The van der Waals surface area contributed by atoms with Crippen molar-refractivity contribution in [3.05, 3.63) is 34.6 Å². The molecule has 2 aromatic rings. The molecule has 0 radical (unpaired) electrons. The fourth-order valence-corrected chi connectivity index (χ4v) is 2.21. The Bertz CT molecular complexity index is 716. The molecule has 6 heteroatoms. The number of nitrogens with two attached hydrogens (primary N) is 1. The van der Waals surface area contributed by atoms with Gasteiger partial charge in [-0.25, -0.2) is 8.42 Å². The summed E-state index contributed by atoms with van der Waals surface area (Å²) in [4.78, 5) is 14.4. The molecule has 0 unspecified atom stereocenters. The van der Waals surface area contributed by atoms with Crippen molar-refractivity contribution >= 4 is 26.4 Å². The topological polar surface area (TPSA) is 93.0 Å². The van der Waals surface area contributed by atoms with E-state index >= 15 is 0 Å². The number of aromatic amines is 1. The van der Waals surface area contributed by atoms with Gasteiger partial charge in [0.2, 0.25) is 5.43 Å². The minimum absolute atomic E-state index is 0.245. The van der Waals surface area contributed by atoms with E-state index in [0.29, 0.717) is 11.2 Å². The maximum absolute atomic E-state index is 11.9. The summed E-state index contributed by atoms with van der Waals surface area (Å²) >= 11 is 0. The first kappa shape index (κ1) is 10.7. The first-order valence-electron chi connectivity index (χ1n) is 4.50. The number of pyridine rings is 1. The molecule has 1 aromatic carbocycles. The molecule has 3 N–H and O–H groups in total. The highest BCUT2D eigenvalue weighted by Gasteiger charge is 2.14. The van der Waals surface area contributed by atoms with Crippen molar-refractivity contribution in [1.82, 2.24) is 4.98 Å². The first-order valence-corrected chi connectivity index (χ1v) is 6.40. The van der Waals surface area contributed by atoms with E-state index in [9.17, 15) is 13.2 Å². The quantitative estimate of drug-likeness (QED) is 0.708. The molecule has 1 heterocycles. The number of benzene rings is 1. The van der Waals surface area contributed by atoms with Crippen LogP contribution in [0.3, 0.4) is 0 Å². The number of H-pyrrole nitrogens is 1. The Hall–Kier alpha value is -1.82. The van der Waals surface area contributed by atoms with Crippen LogP contribution in [0.5, 0.6) is 0 Å². The molecule has 0 fully saturated rings. The molecule has 84 valence electrons. The third kappa shape index (κ3) is 1.67. The van der Waals surface area contributed by atoms with Gasteiger partial charge in [0, 0.05) is 29.0 Å². The van der Waals surface area contributed by atoms with Crippen LogP contribution in [0.1, 0.15) is 0 Å². The van der Waals surface area contributed by atoms with Crippen molar-refractivity contribution in [2.75, 3.05) is 12.0 Å².